The molecule has 9 aromatic carbocycles. The Hall–Kier alpha value is -7.16. The van der Waals surface area contributed by atoms with Crippen molar-refractivity contribution < 1.29 is 4.42 Å². The normalized spacial score (nSPS) is 11.3. The van der Waals surface area contributed by atoms with Gasteiger partial charge in [-0.3, -0.25) is 0 Å². The van der Waals surface area contributed by atoms with Gasteiger partial charge in [0.25, 0.3) is 0 Å². The molecule has 0 aliphatic heterocycles. The number of furan rings is 1. The van der Waals surface area contributed by atoms with Crippen molar-refractivity contribution in [2.45, 2.75) is 0 Å². The maximum Gasteiger partial charge on any atom is 0.137 e. The molecule has 0 atom stereocenters. The molecule has 0 aliphatic carbocycles. The van der Waals surface area contributed by atoms with Crippen molar-refractivity contribution in [1.29, 1.82) is 0 Å². The molecule has 254 valence electrons. The van der Waals surface area contributed by atoms with Gasteiger partial charge in [0, 0.05) is 33.9 Å². The predicted octanol–water partition coefficient (Wildman–Crippen LogP) is 14.9. The summed E-state index contributed by atoms with van der Waals surface area (Å²) in [5.41, 5.74) is 14.5. The van der Waals surface area contributed by atoms with Crippen LogP contribution in [0.1, 0.15) is 0 Å². The quantitative estimate of drug-likeness (QED) is 0.166. The Labute approximate surface area is 314 Å². The van der Waals surface area contributed by atoms with Crippen molar-refractivity contribution in [3.05, 3.63) is 212 Å². The first-order chi connectivity index (χ1) is 26.7. The number of para-hydroxylation sites is 1. The van der Waals surface area contributed by atoms with Gasteiger partial charge in [0.05, 0.1) is 0 Å². The predicted molar refractivity (Wildman–Crippen MR) is 228 cm³/mol. The maximum absolute atomic E-state index is 6.36. The summed E-state index contributed by atoms with van der Waals surface area (Å²) in [7, 11) is 0. The largest absolute Gasteiger partial charge is 0.456 e. The van der Waals surface area contributed by atoms with Crippen LogP contribution in [0.2, 0.25) is 0 Å². The van der Waals surface area contributed by atoms with Crippen LogP contribution < -0.4 is 4.90 Å². The van der Waals surface area contributed by atoms with E-state index in [1.807, 2.05) is 12.1 Å². The summed E-state index contributed by atoms with van der Waals surface area (Å²) < 4.78 is 6.36. The van der Waals surface area contributed by atoms with Gasteiger partial charge in [-0.15, -0.1) is 0 Å². The Morgan fingerprint density at radius 3 is 1.39 bits per heavy atom. The fourth-order valence-corrected chi connectivity index (χ4v) is 7.66. The van der Waals surface area contributed by atoms with Crippen LogP contribution >= 0.6 is 0 Å². The van der Waals surface area contributed by atoms with Crippen molar-refractivity contribution in [1.82, 2.24) is 0 Å². The Morgan fingerprint density at radius 2 is 0.722 bits per heavy atom. The summed E-state index contributed by atoms with van der Waals surface area (Å²) >= 11 is 0. The van der Waals surface area contributed by atoms with E-state index >= 15 is 0 Å². The van der Waals surface area contributed by atoms with E-state index in [1.165, 1.54) is 55.3 Å². The molecular weight excluding hydrogens is 655 g/mol. The molecule has 2 heteroatoms. The zero-order chi connectivity index (χ0) is 35.8. The van der Waals surface area contributed by atoms with Crippen LogP contribution in [0.3, 0.4) is 0 Å². The molecule has 0 amide bonds. The van der Waals surface area contributed by atoms with Gasteiger partial charge in [-0.05, 0) is 116 Å². The molecule has 1 aromatic heterocycles. The van der Waals surface area contributed by atoms with Crippen molar-refractivity contribution >= 4 is 49.8 Å². The van der Waals surface area contributed by atoms with Crippen molar-refractivity contribution in [2.24, 2.45) is 0 Å². The first-order valence-corrected chi connectivity index (χ1v) is 18.4. The van der Waals surface area contributed by atoms with Crippen LogP contribution in [0.15, 0.2) is 217 Å². The van der Waals surface area contributed by atoms with E-state index in [-0.39, 0.29) is 0 Å². The second-order valence-electron chi connectivity index (χ2n) is 13.8. The average Bonchev–Trinajstić information content (AvgIpc) is 3.62. The molecule has 2 nitrogen and oxygen atoms in total. The third-order valence-corrected chi connectivity index (χ3v) is 10.5. The van der Waals surface area contributed by atoms with Gasteiger partial charge >= 0.3 is 0 Å². The summed E-state index contributed by atoms with van der Waals surface area (Å²) in [6, 6.07) is 75.9. The Balaban J connectivity index is 1.02. The highest BCUT2D eigenvalue weighted by Crippen LogP contribution is 2.40. The van der Waals surface area contributed by atoms with Gasteiger partial charge in [-0.25, -0.2) is 0 Å². The Morgan fingerprint density at radius 1 is 0.259 bits per heavy atom. The monoisotopic (exact) mass is 689 g/mol. The van der Waals surface area contributed by atoms with Crippen LogP contribution in [-0.4, -0.2) is 0 Å². The minimum atomic E-state index is 0.871. The second-order valence-corrected chi connectivity index (χ2v) is 13.8. The van der Waals surface area contributed by atoms with E-state index in [4.69, 9.17) is 4.42 Å². The lowest BCUT2D eigenvalue weighted by Crippen LogP contribution is -2.09. The summed E-state index contributed by atoms with van der Waals surface area (Å²) in [6.45, 7) is 0. The summed E-state index contributed by atoms with van der Waals surface area (Å²) in [4.78, 5) is 2.31. The molecule has 0 unspecified atom stereocenters. The van der Waals surface area contributed by atoms with E-state index in [0.717, 1.165) is 39.0 Å². The van der Waals surface area contributed by atoms with E-state index in [0.29, 0.717) is 0 Å². The SMILES string of the molecule is c1ccc(-c2cccc(-c3ccc(N(c4ccc(-c5cccc(-c6ccc7ccccc7c6)c5)cc4)c4ccc5c(c4)oc4ccccc45)cc3)c2)cc1. The molecule has 0 radical (unpaired) electrons. The fourth-order valence-electron chi connectivity index (χ4n) is 7.66. The molecule has 0 saturated heterocycles. The van der Waals surface area contributed by atoms with E-state index in [2.05, 4.69) is 205 Å². The topological polar surface area (TPSA) is 16.4 Å². The van der Waals surface area contributed by atoms with Crippen LogP contribution in [0.5, 0.6) is 0 Å². The van der Waals surface area contributed by atoms with Gasteiger partial charge in [-0.2, -0.15) is 0 Å². The van der Waals surface area contributed by atoms with E-state index in [1.54, 1.807) is 0 Å². The third kappa shape index (κ3) is 5.90. The smallest absolute Gasteiger partial charge is 0.137 e. The summed E-state index contributed by atoms with van der Waals surface area (Å²) in [6.07, 6.45) is 0. The highest BCUT2D eigenvalue weighted by atomic mass is 16.3. The third-order valence-electron chi connectivity index (χ3n) is 10.5. The number of hydrogen-bond donors (Lipinski definition) is 0. The van der Waals surface area contributed by atoms with Gasteiger partial charge < -0.3 is 9.32 Å². The molecule has 0 fully saturated rings. The molecule has 10 aromatic rings. The number of fused-ring (bicyclic) bond motifs is 4. The van der Waals surface area contributed by atoms with Gasteiger partial charge in [0.15, 0.2) is 0 Å². The van der Waals surface area contributed by atoms with E-state index < -0.39 is 0 Å². The molecule has 0 bridgehead atoms. The van der Waals surface area contributed by atoms with Crippen LogP contribution in [0.4, 0.5) is 17.1 Å². The van der Waals surface area contributed by atoms with Crippen molar-refractivity contribution in [2.75, 3.05) is 4.90 Å². The number of nitrogens with zero attached hydrogens (tertiary/aromatic N) is 1. The zero-order valence-electron chi connectivity index (χ0n) is 29.6. The van der Waals surface area contributed by atoms with E-state index in [9.17, 15) is 0 Å². The van der Waals surface area contributed by atoms with Crippen molar-refractivity contribution in [3.63, 3.8) is 0 Å². The maximum atomic E-state index is 6.36. The average molecular weight is 690 g/mol. The number of rotatable bonds is 7. The minimum Gasteiger partial charge on any atom is -0.456 e. The lowest BCUT2D eigenvalue weighted by atomic mass is 9.97. The van der Waals surface area contributed by atoms with Gasteiger partial charge in [-0.1, -0.05) is 146 Å². The first kappa shape index (κ1) is 31.6. The molecule has 0 spiro atoms. The van der Waals surface area contributed by atoms with Crippen LogP contribution in [-0.2, 0) is 0 Å². The molecule has 0 aliphatic rings. The fraction of sp³-hybridized carbons (Fsp3) is 0. The van der Waals surface area contributed by atoms with Crippen LogP contribution in [0.25, 0.3) is 77.2 Å². The number of benzene rings is 9. The Kier molecular flexibility index (Phi) is 7.85. The highest BCUT2D eigenvalue weighted by molar-refractivity contribution is 6.06. The number of anilines is 3. The molecule has 10 rings (SSSR count). The molecule has 1 heterocycles. The second kappa shape index (κ2) is 13.4. The van der Waals surface area contributed by atoms with Crippen molar-refractivity contribution in [3.8, 4) is 44.5 Å². The van der Waals surface area contributed by atoms with Gasteiger partial charge in [0.2, 0.25) is 0 Å². The molecule has 54 heavy (non-hydrogen) atoms. The van der Waals surface area contributed by atoms with Crippen LogP contribution in [0, 0.1) is 0 Å². The molecule has 0 saturated carbocycles. The lowest BCUT2D eigenvalue weighted by molar-refractivity contribution is 0.669. The number of hydrogen-bond acceptors (Lipinski definition) is 2. The standard InChI is InChI=1S/C52H35NO/c1-2-10-36(11-3-1)41-14-8-15-42(32-41)38-22-26-46(27-23-38)53(48-30-31-50-49-18-6-7-19-51(49)54-52(50)35-48)47-28-24-39(25-29-47)43-16-9-17-44(33-43)45-21-20-37-12-4-5-13-40(37)34-45/h1-35H. The molecular formula is C52H35NO. The first-order valence-electron chi connectivity index (χ1n) is 18.4. The molecule has 0 N–H and O–H groups in total. The summed E-state index contributed by atoms with van der Waals surface area (Å²) in [5, 5.41) is 4.75. The summed E-state index contributed by atoms with van der Waals surface area (Å²) in [5.74, 6) is 0. The zero-order valence-corrected chi connectivity index (χ0v) is 29.6. The highest BCUT2D eigenvalue weighted by Gasteiger charge is 2.16. The van der Waals surface area contributed by atoms with Gasteiger partial charge in [0.1, 0.15) is 11.2 Å². The lowest BCUT2D eigenvalue weighted by Gasteiger charge is -2.26. The Bertz CT molecular complexity index is 2920. The minimum absolute atomic E-state index is 0.871.